The van der Waals surface area contributed by atoms with Crippen molar-refractivity contribution in [2.45, 2.75) is 50.6 Å². The Bertz CT molecular complexity index is 1140. The van der Waals surface area contributed by atoms with Gasteiger partial charge in [0.25, 0.3) is 0 Å². The van der Waals surface area contributed by atoms with Gasteiger partial charge in [-0.15, -0.1) is 21.5 Å². The van der Waals surface area contributed by atoms with Gasteiger partial charge in [-0.05, 0) is 42.7 Å². The van der Waals surface area contributed by atoms with Crippen molar-refractivity contribution in [2.24, 2.45) is 7.05 Å². The number of thiophene rings is 1. The third-order valence-corrected chi connectivity index (χ3v) is 7.77. The first kappa shape index (κ1) is 21.6. The van der Waals surface area contributed by atoms with Crippen LogP contribution in [0.4, 0.5) is 5.00 Å². The van der Waals surface area contributed by atoms with Gasteiger partial charge in [-0.3, -0.25) is 4.79 Å². The quantitative estimate of drug-likeness (QED) is 0.524. The largest absolute Gasteiger partial charge is 0.316 e. The van der Waals surface area contributed by atoms with Crippen LogP contribution in [0, 0.1) is 11.3 Å². The molecule has 0 bridgehead atoms. The molecule has 0 atom stereocenters. The molecule has 1 aliphatic carbocycles. The second-order valence-electron chi connectivity index (χ2n) is 8.01. The molecule has 0 spiro atoms. The summed E-state index contributed by atoms with van der Waals surface area (Å²) in [6, 6.07) is 10.6. The van der Waals surface area contributed by atoms with E-state index >= 15 is 0 Å². The summed E-state index contributed by atoms with van der Waals surface area (Å²) in [5.41, 5.74) is 4.05. The van der Waals surface area contributed by atoms with Gasteiger partial charge in [0.15, 0.2) is 11.0 Å². The number of aryl methyl sites for hydroxylation is 1. The van der Waals surface area contributed by atoms with Crippen molar-refractivity contribution in [1.29, 1.82) is 5.26 Å². The van der Waals surface area contributed by atoms with Gasteiger partial charge in [0.05, 0.1) is 11.3 Å². The molecule has 8 heteroatoms. The summed E-state index contributed by atoms with van der Waals surface area (Å²) in [6.45, 7) is 4.34. The number of nitrogens with zero attached hydrogens (tertiary/aromatic N) is 4. The monoisotopic (exact) mass is 451 g/mol. The summed E-state index contributed by atoms with van der Waals surface area (Å²) in [7, 11) is 1.91. The fourth-order valence-electron chi connectivity index (χ4n) is 3.77. The van der Waals surface area contributed by atoms with Crippen LogP contribution in [0.1, 0.15) is 54.2 Å². The smallest absolute Gasteiger partial charge is 0.235 e. The molecule has 0 saturated carbocycles. The molecule has 0 fully saturated rings. The number of amides is 1. The van der Waals surface area contributed by atoms with Gasteiger partial charge in [0.2, 0.25) is 5.91 Å². The summed E-state index contributed by atoms with van der Waals surface area (Å²) in [4.78, 5) is 13.8. The molecular formula is C23H25N5OS2. The van der Waals surface area contributed by atoms with Crippen molar-refractivity contribution in [3.8, 4) is 17.5 Å². The normalized spacial score (nSPS) is 13.1. The molecule has 1 aliphatic rings. The Hall–Kier alpha value is -2.63. The van der Waals surface area contributed by atoms with Crippen molar-refractivity contribution >= 4 is 34.0 Å². The van der Waals surface area contributed by atoms with Crippen molar-refractivity contribution in [1.82, 2.24) is 14.8 Å². The minimum absolute atomic E-state index is 0.133. The van der Waals surface area contributed by atoms with Gasteiger partial charge in [0.1, 0.15) is 11.1 Å². The lowest BCUT2D eigenvalue weighted by Gasteiger charge is -2.09. The highest BCUT2D eigenvalue weighted by atomic mass is 32.2. The zero-order valence-corrected chi connectivity index (χ0v) is 19.6. The van der Waals surface area contributed by atoms with Crippen LogP contribution < -0.4 is 5.32 Å². The summed E-state index contributed by atoms with van der Waals surface area (Å²) >= 11 is 2.89. The molecule has 160 valence electrons. The van der Waals surface area contributed by atoms with E-state index in [4.69, 9.17) is 0 Å². The Morgan fingerprint density at radius 3 is 2.71 bits per heavy atom. The van der Waals surface area contributed by atoms with E-state index in [0.717, 1.165) is 42.6 Å². The maximum Gasteiger partial charge on any atom is 0.235 e. The van der Waals surface area contributed by atoms with Gasteiger partial charge in [0, 0.05) is 17.5 Å². The van der Waals surface area contributed by atoms with Gasteiger partial charge >= 0.3 is 0 Å². The zero-order valence-electron chi connectivity index (χ0n) is 17.9. The number of hydrogen-bond acceptors (Lipinski definition) is 6. The minimum Gasteiger partial charge on any atom is -0.316 e. The number of hydrogen-bond donors (Lipinski definition) is 1. The van der Waals surface area contributed by atoms with Crippen LogP contribution in [0.25, 0.3) is 11.4 Å². The lowest BCUT2D eigenvalue weighted by molar-refractivity contribution is -0.113. The third-order valence-electron chi connectivity index (χ3n) is 5.54. The molecule has 2 aromatic heterocycles. The second-order valence-corrected chi connectivity index (χ2v) is 10.1. The number of thioether (sulfide) groups is 1. The molecule has 0 saturated heterocycles. The highest BCUT2D eigenvalue weighted by Crippen LogP contribution is 2.37. The van der Waals surface area contributed by atoms with Gasteiger partial charge in [-0.1, -0.05) is 49.9 Å². The van der Waals surface area contributed by atoms with E-state index in [1.165, 1.54) is 22.2 Å². The molecule has 1 aromatic carbocycles. The number of aromatic nitrogens is 3. The maximum atomic E-state index is 12.6. The maximum absolute atomic E-state index is 12.6. The van der Waals surface area contributed by atoms with E-state index in [1.54, 1.807) is 11.3 Å². The first-order chi connectivity index (χ1) is 15.0. The van der Waals surface area contributed by atoms with Crippen LogP contribution in [0.2, 0.25) is 0 Å². The van der Waals surface area contributed by atoms with Crippen LogP contribution >= 0.6 is 23.1 Å². The summed E-state index contributed by atoms with van der Waals surface area (Å²) in [5, 5.41) is 22.4. The van der Waals surface area contributed by atoms with Crippen molar-refractivity contribution in [3.63, 3.8) is 0 Å². The van der Waals surface area contributed by atoms with E-state index in [-0.39, 0.29) is 11.7 Å². The summed E-state index contributed by atoms with van der Waals surface area (Å²) < 4.78 is 1.91. The number of nitriles is 1. The van der Waals surface area contributed by atoms with E-state index in [2.05, 4.69) is 59.7 Å². The minimum atomic E-state index is -0.133. The first-order valence-corrected chi connectivity index (χ1v) is 12.2. The van der Waals surface area contributed by atoms with Crippen LogP contribution in [-0.4, -0.2) is 26.4 Å². The molecule has 3 aromatic rings. The van der Waals surface area contributed by atoms with Gasteiger partial charge in [-0.2, -0.15) is 5.26 Å². The molecule has 0 radical (unpaired) electrons. The standard InChI is InChI=1S/C23H25N5OS2/c1-14(2)15-8-10-16(11-9-15)21-26-27-23(28(21)3)30-13-20(29)25-22-18(12-24)17-6-4-5-7-19(17)31-22/h8-11,14H,4-7,13H2,1-3H3,(H,25,29). The van der Waals surface area contributed by atoms with E-state index < -0.39 is 0 Å². The van der Waals surface area contributed by atoms with Gasteiger partial charge < -0.3 is 9.88 Å². The number of rotatable bonds is 6. The fraction of sp³-hybridized carbons (Fsp3) is 0.391. The SMILES string of the molecule is CC(C)c1ccc(-c2nnc(SCC(=O)Nc3sc4c(c3C#N)CCCC4)n2C)cc1. The lowest BCUT2D eigenvalue weighted by Crippen LogP contribution is -2.14. The van der Waals surface area contributed by atoms with E-state index in [0.29, 0.717) is 21.6 Å². The van der Waals surface area contributed by atoms with Crippen LogP contribution in [-0.2, 0) is 24.7 Å². The average molecular weight is 452 g/mol. The Morgan fingerprint density at radius 2 is 2.00 bits per heavy atom. The Morgan fingerprint density at radius 1 is 1.26 bits per heavy atom. The molecule has 31 heavy (non-hydrogen) atoms. The highest BCUT2D eigenvalue weighted by Gasteiger charge is 2.22. The molecule has 6 nitrogen and oxygen atoms in total. The fourth-order valence-corrected chi connectivity index (χ4v) is 5.74. The van der Waals surface area contributed by atoms with Crippen molar-refractivity contribution in [2.75, 3.05) is 11.1 Å². The Balaban J connectivity index is 1.42. The number of nitrogens with one attached hydrogen (secondary N) is 1. The Kier molecular flexibility index (Phi) is 6.44. The Labute approximate surface area is 190 Å². The molecular weight excluding hydrogens is 426 g/mol. The van der Waals surface area contributed by atoms with Crippen molar-refractivity contribution in [3.05, 3.63) is 45.8 Å². The number of fused-ring (bicyclic) bond motifs is 1. The third kappa shape index (κ3) is 4.53. The van der Waals surface area contributed by atoms with Crippen LogP contribution in [0.15, 0.2) is 29.4 Å². The zero-order chi connectivity index (χ0) is 22.0. The number of carbonyl (C=O) groups excluding carboxylic acids is 1. The van der Waals surface area contributed by atoms with Gasteiger partial charge in [-0.25, -0.2) is 0 Å². The van der Waals surface area contributed by atoms with Crippen LogP contribution in [0.3, 0.4) is 0 Å². The number of anilines is 1. The molecule has 0 aliphatic heterocycles. The second kappa shape index (κ2) is 9.25. The van der Waals surface area contributed by atoms with Crippen molar-refractivity contribution < 1.29 is 4.79 Å². The molecule has 2 heterocycles. The topological polar surface area (TPSA) is 83.6 Å². The first-order valence-electron chi connectivity index (χ1n) is 10.4. The number of carbonyl (C=O) groups is 1. The summed E-state index contributed by atoms with van der Waals surface area (Å²) in [6.07, 6.45) is 4.19. The highest BCUT2D eigenvalue weighted by molar-refractivity contribution is 7.99. The van der Waals surface area contributed by atoms with E-state index in [1.807, 2.05) is 11.6 Å². The predicted molar refractivity (Wildman–Crippen MR) is 126 cm³/mol. The van der Waals surface area contributed by atoms with E-state index in [9.17, 15) is 10.1 Å². The summed E-state index contributed by atoms with van der Waals surface area (Å²) in [5.74, 6) is 1.33. The molecule has 1 N–H and O–H groups in total. The predicted octanol–water partition coefficient (Wildman–Crippen LogP) is 5.15. The average Bonchev–Trinajstić information content (AvgIpc) is 3.31. The number of benzene rings is 1. The molecule has 0 unspecified atom stereocenters. The van der Waals surface area contributed by atoms with Crippen LogP contribution in [0.5, 0.6) is 0 Å². The molecule has 1 amide bonds. The molecule has 4 rings (SSSR count). The lowest BCUT2D eigenvalue weighted by atomic mass is 9.96.